The molecule has 0 spiro atoms. The lowest BCUT2D eigenvalue weighted by molar-refractivity contribution is -0.140. The van der Waals surface area contributed by atoms with Crippen molar-refractivity contribution in [3.8, 4) is 5.75 Å². The van der Waals surface area contributed by atoms with E-state index in [1.165, 1.54) is 6.07 Å². The van der Waals surface area contributed by atoms with Gasteiger partial charge in [0.15, 0.2) is 6.61 Å². The molecular weight excluding hydrogens is 360 g/mol. The van der Waals surface area contributed by atoms with Gasteiger partial charge in [-0.1, -0.05) is 0 Å². The van der Waals surface area contributed by atoms with Crippen LogP contribution in [0, 0.1) is 5.92 Å². The highest BCUT2D eigenvalue weighted by molar-refractivity contribution is 5.81. The van der Waals surface area contributed by atoms with E-state index in [2.05, 4.69) is 0 Å². The Morgan fingerprint density at radius 3 is 2.46 bits per heavy atom. The number of nitrogens with zero attached hydrogens (tertiary/aromatic N) is 2. The Kier molecular flexibility index (Phi) is 5.32. The quantitative estimate of drug-likeness (QED) is 0.754. The van der Waals surface area contributed by atoms with Gasteiger partial charge in [-0.2, -0.15) is 0 Å². The number of ether oxygens (including phenoxy) is 1. The predicted molar refractivity (Wildman–Crippen MR) is 103 cm³/mol. The Morgan fingerprint density at radius 2 is 1.71 bits per heavy atom. The zero-order chi connectivity index (χ0) is 19.5. The fourth-order valence-electron chi connectivity index (χ4n) is 3.94. The van der Waals surface area contributed by atoms with E-state index in [4.69, 9.17) is 9.15 Å². The van der Waals surface area contributed by atoms with Crippen molar-refractivity contribution in [1.29, 1.82) is 0 Å². The summed E-state index contributed by atoms with van der Waals surface area (Å²) >= 11 is 0. The van der Waals surface area contributed by atoms with E-state index in [-0.39, 0.29) is 24.3 Å². The molecule has 2 amide bonds. The molecule has 1 aromatic carbocycles. The Hall–Kier alpha value is -2.83. The monoisotopic (exact) mass is 384 g/mol. The van der Waals surface area contributed by atoms with Gasteiger partial charge in [-0.15, -0.1) is 0 Å². The minimum atomic E-state index is -0.424. The van der Waals surface area contributed by atoms with E-state index >= 15 is 0 Å². The predicted octanol–water partition coefficient (Wildman–Crippen LogP) is 2.03. The summed E-state index contributed by atoms with van der Waals surface area (Å²) in [4.78, 5) is 40.0. The standard InChI is InChI=1S/C21H24N2O5/c24-19(14-27-17-5-3-15-4-6-20(25)28-18(15)13-17)22-11-7-16(8-12-22)21(26)23-9-1-2-10-23/h3-6,13,16H,1-2,7-12,14H2. The Labute approximate surface area is 162 Å². The number of hydrogen-bond acceptors (Lipinski definition) is 5. The topological polar surface area (TPSA) is 80.1 Å². The van der Waals surface area contributed by atoms with Gasteiger partial charge in [-0.05, 0) is 43.9 Å². The van der Waals surface area contributed by atoms with Crippen molar-refractivity contribution in [2.24, 2.45) is 5.92 Å². The SMILES string of the molecule is O=C(COc1ccc2ccc(=O)oc2c1)N1CCC(C(=O)N2CCCC2)CC1. The van der Waals surface area contributed by atoms with Crippen LogP contribution in [-0.4, -0.2) is 54.4 Å². The number of benzene rings is 1. The summed E-state index contributed by atoms with van der Waals surface area (Å²) < 4.78 is 10.7. The van der Waals surface area contributed by atoms with Crippen molar-refractivity contribution in [1.82, 2.24) is 9.80 Å². The summed E-state index contributed by atoms with van der Waals surface area (Å²) in [5.74, 6) is 0.668. The zero-order valence-electron chi connectivity index (χ0n) is 15.8. The number of carbonyl (C=O) groups is 2. The van der Waals surface area contributed by atoms with E-state index in [9.17, 15) is 14.4 Å². The molecule has 0 atom stereocenters. The second-order valence-electron chi connectivity index (χ2n) is 7.43. The van der Waals surface area contributed by atoms with E-state index in [1.807, 2.05) is 4.90 Å². The molecule has 0 bridgehead atoms. The maximum absolute atomic E-state index is 12.5. The van der Waals surface area contributed by atoms with E-state index < -0.39 is 5.63 Å². The fourth-order valence-corrected chi connectivity index (χ4v) is 3.94. The normalized spacial score (nSPS) is 17.9. The third kappa shape index (κ3) is 4.03. The Balaban J connectivity index is 1.29. The van der Waals surface area contributed by atoms with Crippen molar-refractivity contribution in [2.75, 3.05) is 32.8 Å². The number of likely N-dealkylation sites (tertiary alicyclic amines) is 2. The molecule has 0 saturated carbocycles. The Morgan fingerprint density at radius 1 is 1.00 bits per heavy atom. The molecule has 7 heteroatoms. The van der Waals surface area contributed by atoms with E-state index in [1.54, 1.807) is 29.2 Å². The third-order valence-electron chi connectivity index (χ3n) is 5.57. The number of hydrogen-bond donors (Lipinski definition) is 0. The van der Waals surface area contributed by atoms with Crippen LogP contribution in [0.3, 0.4) is 0 Å². The lowest BCUT2D eigenvalue weighted by Crippen LogP contribution is -2.45. The summed E-state index contributed by atoms with van der Waals surface area (Å²) in [7, 11) is 0. The highest BCUT2D eigenvalue weighted by atomic mass is 16.5. The minimum Gasteiger partial charge on any atom is -0.484 e. The van der Waals surface area contributed by atoms with Gasteiger partial charge in [0.1, 0.15) is 11.3 Å². The van der Waals surface area contributed by atoms with Crippen LogP contribution in [0.15, 0.2) is 39.5 Å². The van der Waals surface area contributed by atoms with Crippen LogP contribution < -0.4 is 10.4 Å². The first-order valence-electron chi connectivity index (χ1n) is 9.83. The molecule has 4 rings (SSSR count). The molecule has 7 nitrogen and oxygen atoms in total. The zero-order valence-corrected chi connectivity index (χ0v) is 15.8. The molecule has 0 unspecified atom stereocenters. The average molecular weight is 384 g/mol. The maximum atomic E-state index is 12.5. The van der Waals surface area contributed by atoms with Crippen LogP contribution in [-0.2, 0) is 9.59 Å². The third-order valence-corrected chi connectivity index (χ3v) is 5.57. The van der Waals surface area contributed by atoms with Gasteiger partial charge in [0.05, 0.1) is 0 Å². The molecule has 2 fully saturated rings. The number of fused-ring (bicyclic) bond motifs is 1. The molecule has 2 aromatic rings. The Bertz CT molecular complexity index is 924. The highest BCUT2D eigenvalue weighted by Gasteiger charge is 2.31. The first-order chi connectivity index (χ1) is 13.6. The van der Waals surface area contributed by atoms with Gasteiger partial charge in [0, 0.05) is 49.6 Å². The van der Waals surface area contributed by atoms with Crippen LogP contribution in [0.25, 0.3) is 11.0 Å². The number of amides is 2. The van der Waals surface area contributed by atoms with Crippen molar-refractivity contribution >= 4 is 22.8 Å². The van der Waals surface area contributed by atoms with Gasteiger partial charge in [-0.25, -0.2) is 4.79 Å². The highest BCUT2D eigenvalue weighted by Crippen LogP contribution is 2.23. The van der Waals surface area contributed by atoms with Crippen molar-refractivity contribution in [3.63, 3.8) is 0 Å². The molecule has 0 aliphatic carbocycles. The van der Waals surface area contributed by atoms with Gasteiger partial charge in [-0.3, -0.25) is 9.59 Å². The lowest BCUT2D eigenvalue weighted by Gasteiger charge is -2.33. The molecule has 2 aliphatic rings. The number of rotatable bonds is 4. The number of piperidine rings is 1. The molecule has 3 heterocycles. The summed E-state index contributed by atoms with van der Waals surface area (Å²) in [6, 6.07) is 8.20. The van der Waals surface area contributed by atoms with E-state index in [0.29, 0.717) is 37.3 Å². The second kappa shape index (κ2) is 8.04. The molecule has 2 saturated heterocycles. The van der Waals surface area contributed by atoms with Crippen LogP contribution in [0.1, 0.15) is 25.7 Å². The van der Waals surface area contributed by atoms with E-state index in [0.717, 1.165) is 31.3 Å². The van der Waals surface area contributed by atoms with Crippen molar-refractivity contribution in [2.45, 2.75) is 25.7 Å². The first-order valence-corrected chi connectivity index (χ1v) is 9.83. The van der Waals surface area contributed by atoms with Gasteiger partial charge < -0.3 is 19.0 Å². The summed E-state index contributed by atoms with van der Waals surface area (Å²) in [6.45, 7) is 2.83. The van der Waals surface area contributed by atoms with Crippen LogP contribution >= 0.6 is 0 Å². The second-order valence-corrected chi connectivity index (χ2v) is 7.43. The molecule has 148 valence electrons. The minimum absolute atomic E-state index is 0.0338. The molecule has 2 aliphatic heterocycles. The van der Waals surface area contributed by atoms with Gasteiger partial charge in [0.25, 0.3) is 5.91 Å². The molecule has 0 radical (unpaired) electrons. The molecule has 1 aromatic heterocycles. The number of carbonyl (C=O) groups excluding carboxylic acids is 2. The van der Waals surface area contributed by atoms with Crippen LogP contribution in [0.4, 0.5) is 0 Å². The fraction of sp³-hybridized carbons (Fsp3) is 0.476. The summed E-state index contributed by atoms with van der Waals surface area (Å²) in [5, 5.41) is 0.794. The van der Waals surface area contributed by atoms with Gasteiger partial charge in [0.2, 0.25) is 5.91 Å². The van der Waals surface area contributed by atoms with Crippen LogP contribution in [0.5, 0.6) is 5.75 Å². The van der Waals surface area contributed by atoms with Gasteiger partial charge >= 0.3 is 5.63 Å². The molecule has 0 N–H and O–H groups in total. The van der Waals surface area contributed by atoms with Crippen LogP contribution in [0.2, 0.25) is 0 Å². The summed E-state index contributed by atoms with van der Waals surface area (Å²) in [6.07, 6.45) is 3.61. The molecular formula is C21H24N2O5. The smallest absolute Gasteiger partial charge is 0.336 e. The average Bonchev–Trinajstić information content (AvgIpc) is 3.26. The molecule has 28 heavy (non-hydrogen) atoms. The van der Waals surface area contributed by atoms with Crippen molar-refractivity contribution in [3.05, 3.63) is 40.8 Å². The maximum Gasteiger partial charge on any atom is 0.336 e. The van der Waals surface area contributed by atoms with Crippen molar-refractivity contribution < 1.29 is 18.7 Å². The lowest BCUT2D eigenvalue weighted by atomic mass is 9.95. The summed E-state index contributed by atoms with van der Waals surface area (Å²) in [5.41, 5.74) is 0.00534. The largest absolute Gasteiger partial charge is 0.484 e. The first kappa shape index (κ1) is 18.5.